The molecule has 1 spiro atoms. The molecular formula is C22H29NO5S2. The molecule has 4 unspecified atom stereocenters. The van der Waals surface area contributed by atoms with Crippen LogP contribution in [0.15, 0.2) is 29.2 Å². The second-order valence-electron chi connectivity index (χ2n) is 9.43. The summed E-state index contributed by atoms with van der Waals surface area (Å²) in [5, 5.41) is -0.179. The molecule has 8 heteroatoms. The predicted octanol–water partition coefficient (Wildman–Crippen LogP) is 3.71. The minimum Gasteiger partial charge on any atom is -0.465 e. The van der Waals surface area contributed by atoms with Gasteiger partial charge in [-0.2, -0.15) is 0 Å². The van der Waals surface area contributed by atoms with Gasteiger partial charge >= 0.3 is 5.97 Å². The van der Waals surface area contributed by atoms with E-state index in [0.717, 1.165) is 24.2 Å². The van der Waals surface area contributed by atoms with Gasteiger partial charge in [-0.25, -0.2) is 17.5 Å². The number of amides is 1. The van der Waals surface area contributed by atoms with Crippen molar-refractivity contribution in [2.24, 2.45) is 16.7 Å². The van der Waals surface area contributed by atoms with Crippen LogP contribution in [0.1, 0.15) is 56.8 Å². The van der Waals surface area contributed by atoms with Crippen LogP contribution < -0.4 is 0 Å². The van der Waals surface area contributed by atoms with Crippen molar-refractivity contribution in [2.45, 2.75) is 62.6 Å². The fourth-order valence-electron chi connectivity index (χ4n) is 6.06. The summed E-state index contributed by atoms with van der Waals surface area (Å²) in [5.41, 5.74) is 0.0893. The van der Waals surface area contributed by atoms with Gasteiger partial charge in [0.1, 0.15) is 0 Å². The summed E-state index contributed by atoms with van der Waals surface area (Å²) < 4.78 is 32.2. The zero-order valence-corrected chi connectivity index (χ0v) is 19.5. The van der Waals surface area contributed by atoms with Gasteiger partial charge in [0, 0.05) is 22.0 Å². The second-order valence-corrected chi connectivity index (χ2v) is 12.8. The molecule has 1 aliphatic heterocycles. The summed E-state index contributed by atoms with van der Waals surface area (Å²) in [5.74, 6) is -0.181. The third-order valence-corrected chi connectivity index (χ3v) is 10.9. The van der Waals surface area contributed by atoms with Crippen molar-refractivity contribution in [3.63, 3.8) is 0 Å². The van der Waals surface area contributed by atoms with Gasteiger partial charge in [-0.3, -0.25) is 4.79 Å². The first-order valence-electron chi connectivity index (χ1n) is 10.4. The summed E-state index contributed by atoms with van der Waals surface area (Å²) in [4.78, 5) is 25.9. The Kier molecular flexibility index (Phi) is 5.25. The number of thioether (sulfide) groups is 1. The third-order valence-electron chi connectivity index (χ3n) is 7.74. The van der Waals surface area contributed by atoms with E-state index in [1.165, 1.54) is 23.2 Å². The van der Waals surface area contributed by atoms with Crippen LogP contribution in [0.25, 0.3) is 0 Å². The number of hydrogen-bond donors (Lipinski definition) is 0. The Labute approximate surface area is 182 Å². The van der Waals surface area contributed by atoms with Crippen molar-refractivity contribution in [1.29, 1.82) is 0 Å². The molecule has 3 aliphatic rings. The third kappa shape index (κ3) is 3.09. The van der Waals surface area contributed by atoms with Crippen molar-refractivity contribution in [3.05, 3.63) is 29.8 Å². The van der Waals surface area contributed by atoms with Gasteiger partial charge in [0.2, 0.25) is 15.9 Å². The van der Waals surface area contributed by atoms with Crippen LogP contribution in [-0.2, 0) is 19.6 Å². The number of sulfonamides is 1. The number of fused-ring (bicyclic) bond motifs is 1. The zero-order valence-electron chi connectivity index (χ0n) is 17.9. The molecule has 30 heavy (non-hydrogen) atoms. The molecule has 1 saturated heterocycles. The molecule has 0 aromatic heterocycles. The van der Waals surface area contributed by atoms with E-state index in [0.29, 0.717) is 11.5 Å². The number of esters is 1. The first-order chi connectivity index (χ1) is 14.0. The molecule has 1 heterocycles. The highest BCUT2D eigenvalue weighted by atomic mass is 32.2. The number of benzene rings is 1. The monoisotopic (exact) mass is 451 g/mol. The Morgan fingerprint density at radius 2 is 2.00 bits per heavy atom. The fraction of sp³-hybridized carbons (Fsp3) is 0.636. The lowest BCUT2D eigenvalue weighted by Crippen LogP contribution is -2.44. The minimum atomic E-state index is -3.60. The Balaban J connectivity index is 1.52. The van der Waals surface area contributed by atoms with E-state index in [-0.39, 0.29) is 40.2 Å². The normalized spacial score (nSPS) is 31.4. The number of hydrogen-bond acceptors (Lipinski definition) is 6. The molecule has 0 radical (unpaired) electrons. The molecule has 4 rings (SSSR count). The average molecular weight is 452 g/mol. The first kappa shape index (κ1) is 21.7. The molecule has 1 amide bonds. The highest BCUT2D eigenvalue weighted by molar-refractivity contribution is 8.00. The topological polar surface area (TPSA) is 80.8 Å². The second kappa shape index (κ2) is 7.26. The van der Waals surface area contributed by atoms with E-state index in [1.807, 2.05) is 19.1 Å². The maximum absolute atomic E-state index is 13.2. The lowest BCUT2D eigenvalue weighted by atomic mass is 9.69. The lowest BCUT2D eigenvalue weighted by Gasteiger charge is -2.37. The quantitative estimate of drug-likeness (QED) is 0.501. The van der Waals surface area contributed by atoms with Crippen LogP contribution in [-0.4, -0.2) is 48.8 Å². The van der Waals surface area contributed by atoms with Crippen molar-refractivity contribution in [1.82, 2.24) is 4.31 Å². The summed E-state index contributed by atoms with van der Waals surface area (Å²) in [6.07, 6.45) is 2.83. The summed E-state index contributed by atoms with van der Waals surface area (Å²) in [6.45, 7) is 6.24. The van der Waals surface area contributed by atoms with E-state index in [4.69, 9.17) is 4.74 Å². The Morgan fingerprint density at radius 1 is 1.30 bits per heavy atom. The van der Waals surface area contributed by atoms with Crippen LogP contribution in [0, 0.1) is 16.7 Å². The van der Waals surface area contributed by atoms with Gasteiger partial charge in [0.25, 0.3) is 0 Å². The molecule has 1 aromatic carbocycles. The van der Waals surface area contributed by atoms with Crippen molar-refractivity contribution in [3.8, 4) is 0 Å². The molecule has 164 valence electrons. The van der Waals surface area contributed by atoms with Crippen LogP contribution >= 0.6 is 11.8 Å². The highest BCUT2D eigenvalue weighted by Gasteiger charge is 2.72. The molecule has 2 aliphatic carbocycles. The molecule has 1 aromatic rings. The maximum Gasteiger partial charge on any atom is 0.338 e. The van der Waals surface area contributed by atoms with Crippen LogP contribution in [0.3, 0.4) is 0 Å². The summed E-state index contributed by atoms with van der Waals surface area (Å²) in [6, 6.07) is 6.89. The molecule has 2 bridgehead atoms. The van der Waals surface area contributed by atoms with Crippen LogP contribution in [0.4, 0.5) is 0 Å². The standard InChI is InChI=1S/C22H29NO5S2/c1-14(29-17-8-6-5-7-16(17)20(25)28-4)11-19(24)23-18-12-15-9-10-22(18,21(15,2)3)13-30(23,26)27/h5-8,14-15,18H,9-13H2,1-4H3. The van der Waals surface area contributed by atoms with E-state index in [2.05, 4.69) is 13.8 Å². The van der Waals surface area contributed by atoms with Crippen molar-refractivity contribution >= 4 is 33.7 Å². The molecule has 4 atom stereocenters. The molecule has 3 fully saturated rings. The van der Waals surface area contributed by atoms with E-state index in [1.54, 1.807) is 12.1 Å². The summed E-state index contributed by atoms with van der Waals surface area (Å²) in [7, 11) is -2.27. The maximum atomic E-state index is 13.2. The lowest BCUT2D eigenvalue weighted by molar-refractivity contribution is -0.128. The van der Waals surface area contributed by atoms with E-state index in [9.17, 15) is 18.0 Å². The fourth-order valence-corrected chi connectivity index (χ4v) is 9.71. The average Bonchev–Trinajstić information content (AvgIpc) is 3.15. The Bertz CT molecular complexity index is 989. The van der Waals surface area contributed by atoms with Gasteiger partial charge in [0.15, 0.2) is 0 Å². The van der Waals surface area contributed by atoms with Crippen molar-refractivity contribution in [2.75, 3.05) is 12.9 Å². The predicted molar refractivity (Wildman–Crippen MR) is 116 cm³/mol. The van der Waals surface area contributed by atoms with Gasteiger partial charge in [-0.1, -0.05) is 32.9 Å². The SMILES string of the molecule is COC(=O)c1ccccc1SC(C)CC(=O)N1C2CC3CCC2(CS1(=O)=O)C3(C)C. The molecular weight excluding hydrogens is 422 g/mol. The van der Waals surface area contributed by atoms with Gasteiger partial charge in [0.05, 0.1) is 24.5 Å². The smallest absolute Gasteiger partial charge is 0.338 e. The van der Waals surface area contributed by atoms with Gasteiger partial charge < -0.3 is 4.74 Å². The Hall–Kier alpha value is -1.54. The van der Waals surface area contributed by atoms with E-state index < -0.39 is 16.0 Å². The first-order valence-corrected chi connectivity index (χ1v) is 12.9. The largest absolute Gasteiger partial charge is 0.465 e. The van der Waals surface area contributed by atoms with E-state index >= 15 is 0 Å². The Morgan fingerprint density at radius 3 is 2.67 bits per heavy atom. The molecule has 0 N–H and O–H groups in total. The highest BCUT2D eigenvalue weighted by Crippen LogP contribution is 2.70. The number of methoxy groups -OCH3 is 1. The number of carbonyl (C=O) groups excluding carboxylic acids is 2. The summed E-state index contributed by atoms with van der Waals surface area (Å²) >= 11 is 1.40. The van der Waals surface area contributed by atoms with Crippen molar-refractivity contribution < 1.29 is 22.7 Å². The number of nitrogens with zero attached hydrogens (tertiary/aromatic N) is 1. The van der Waals surface area contributed by atoms with Gasteiger partial charge in [-0.15, -0.1) is 11.8 Å². The number of rotatable bonds is 5. The minimum absolute atomic E-state index is 0.0560. The van der Waals surface area contributed by atoms with Crippen LogP contribution in [0.5, 0.6) is 0 Å². The van der Waals surface area contributed by atoms with Gasteiger partial charge in [-0.05, 0) is 42.7 Å². The number of carbonyl (C=O) groups is 2. The molecule has 6 nitrogen and oxygen atoms in total. The molecule has 2 saturated carbocycles. The van der Waals surface area contributed by atoms with Crippen LogP contribution in [0.2, 0.25) is 0 Å². The zero-order chi connectivity index (χ0) is 21.9. The number of ether oxygens (including phenoxy) is 1.